The molecule has 0 unspecified atom stereocenters. The van der Waals surface area contributed by atoms with E-state index < -0.39 is 0 Å². The Hall–Kier alpha value is -6.38. The van der Waals surface area contributed by atoms with Gasteiger partial charge in [-0.3, -0.25) is 0 Å². The lowest BCUT2D eigenvalue weighted by Crippen LogP contribution is -2.18. The fraction of sp³-hybridized carbons (Fsp3) is 0.258. The van der Waals surface area contributed by atoms with Crippen molar-refractivity contribution in [3.8, 4) is 16.8 Å². The van der Waals surface area contributed by atoms with Crippen LogP contribution in [0.2, 0.25) is 0 Å². The van der Waals surface area contributed by atoms with E-state index in [9.17, 15) is 0 Å². The summed E-state index contributed by atoms with van der Waals surface area (Å²) in [5, 5.41) is 5.05. The van der Waals surface area contributed by atoms with Crippen molar-refractivity contribution in [2.75, 3.05) is 4.90 Å². The van der Waals surface area contributed by atoms with Gasteiger partial charge in [-0.25, -0.2) is 0 Å². The number of benzene rings is 7. The zero-order valence-electron chi connectivity index (χ0n) is 37.9. The van der Waals surface area contributed by atoms with Crippen molar-refractivity contribution in [2.24, 2.45) is 0 Å². The van der Waals surface area contributed by atoms with Gasteiger partial charge in [-0.2, -0.15) is 0 Å². The molecule has 0 spiro atoms. The second-order valence-electron chi connectivity index (χ2n) is 19.5. The fourth-order valence-corrected chi connectivity index (χ4v) is 12.0. The number of rotatable bonds is 8. The van der Waals surface area contributed by atoms with Gasteiger partial charge >= 0.3 is 0 Å². The molecule has 8 aromatic rings. The molecule has 2 heteroatoms. The van der Waals surface area contributed by atoms with Crippen LogP contribution in [-0.4, -0.2) is 4.57 Å². The maximum absolute atomic E-state index is 4.68. The highest BCUT2D eigenvalue weighted by molar-refractivity contribution is 6.10. The Bertz CT molecular complexity index is 3050. The van der Waals surface area contributed by atoms with Crippen LogP contribution in [0.25, 0.3) is 55.0 Å². The summed E-state index contributed by atoms with van der Waals surface area (Å²) in [5.41, 5.74) is 17.7. The van der Waals surface area contributed by atoms with Gasteiger partial charge in [0.15, 0.2) is 0 Å². The lowest BCUT2D eigenvalue weighted by atomic mass is 9.79. The van der Waals surface area contributed by atoms with E-state index in [1.807, 2.05) is 0 Å². The first-order valence-electron chi connectivity index (χ1n) is 24.1. The van der Waals surface area contributed by atoms with Crippen LogP contribution in [0.15, 0.2) is 182 Å². The van der Waals surface area contributed by atoms with E-state index in [4.69, 9.17) is 0 Å². The van der Waals surface area contributed by atoms with Crippen LogP contribution >= 0.6 is 0 Å². The molecule has 0 amide bonds. The highest BCUT2D eigenvalue weighted by Crippen LogP contribution is 2.50. The standard InChI is InChI=1S/C62H60N2/c1-42(34-36-56-43(2)52-27-13-16-31-57(52)62(56,3)4)63(51-40-48(44-20-7-5-8-21-44)38-49(41-51)45-22-9-6-10-23-45)60-37-35-46-24-11-12-28-53(46)61(60)47-25-19-26-50(39-47)64-58-32-17-14-29-54(58)55-30-15-18-33-59(55)64/h11-19,24-41,44-45H,2,5-10,20-23H2,1,3-4H3/b42-34+,56-36+. The Labute approximate surface area is 380 Å². The summed E-state index contributed by atoms with van der Waals surface area (Å²) < 4.78 is 2.45. The number of allylic oxidation sites excluding steroid dienone is 5. The second kappa shape index (κ2) is 16.6. The third-order valence-electron chi connectivity index (χ3n) is 15.3. The summed E-state index contributed by atoms with van der Waals surface area (Å²) in [4.78, 5) is 2.61. The van der Waals surface area contributed by atoms with Gasteiger partial charge in [0.2, 0.25) is 0 Å². The van der Waals surface area contributed by atoms with Crippen LogP contribution in [0.3, 0.4) is 0 Å². The van der Waals surface area contributed by atoms with Crippen LogP contribution in [0.5, 0.6) is 0 Å². The van der Waals surface area contributed by atoms with Crippen molar-refractivity contribution in [2.45, 2.75) is 102 Å². The van der Waals surface area contributed by atoms with E-state index >= 15 is 0 Å². The predicted molar refractivity (Wildman–Crippen MR) is 274 cm³/mol. The molecule has 0 saturated heterocycles. The summed E-state index contributed by atoms with van der Waals surface area (Å²) in [6, 6.07) is 57.3. The van der Waals surface area contributed by atoms with Gasteiger partial charge in [0.25, 0.3) is 0 Å². The van der Waals surface area contributed by atoms with E-state index in [2.05, 4.69) is 201 Å². The molecule has 64 heavy (non-hydrogen) atoms. The number of hydrogen-bond acceptors (Lipinski definition) is 1. The van der Waals surface area contributed by atoms with Gasteiger partial charge in [0.1, 0.15) is 0 Å². The monoisotopic (exact) mass is 832 g/mol. The van der Waals surface area contributed by atoms with Crippen LogP contribution in [-0.2, 0) is 5.41 Å². The van der Waals surface area contributed by atoms with E-state index in [1.165, 1.54) is 153 Å². The highest BCUT2D eigenvalue weighted by Gasteiger charge is 2.36. The van der Waals surface area contributed by atoms with E-state index in [1.54, 1.807) is 0 Å². The normalized spacial score (nSPS) is 17.8. The molecule has 3 aliphatic carbocycles. The largest absolute Gasteiger partial charge is 0.314 e. The van der Waals surface area contributed by atoms with Crippen molar-refractivity contribution in [1.82, 2.24) is 4.57 Å². The molecular formula is C62H60N2. The van der Waals surface area contributed by atoms with Gasteiger partial charge in [-0.05, 0) is 143 Å². The van der Waals surface area contributed by atoms with Crippen molar-refractivity contribution in [3.63, 3.8) is 0 Å². The summed E-state index contributed by atoms with van der Waals surface area (Å²) in [6.45, 7) is 11.7. The third kappa shape index (κ3) is 7.03. The topological polar surface area (TPSA) is 8.17 Å². The minimum absolute atomic E-state index is 0.147. The van der Waals surface area contributed by atoms with Crippen LogP contribution in [0.4, 0.5) is 11.4 Å². The Morgan fingerprint density at radius 1 is 0.609 bits per heavy atom. The number of para-hydroxylation sites is 2. The first-order chi connectivity index (χ1) is 31.3. The molecular weight excluding hydrogens is 773 g/mol. The van der Waals surface area contributed by atoms with Crippen molar-refractivity contribution in [1.29, 1.82) is 0 Å². The van der Waals surface area contributed by atoms with Crippen LogP contribution < -0.4 is 4.90 Å². The Kier molecular flexibility index (Phi) is 10.5. The van der Waals surface area contributed by atoms with Gasteiger partial charge < -0.3 is 9.47 Å². The molecule has 7 aromatic carbocycles. The number of anilines is 2. The van der Waals surface area contributed by atoms with Crippen molar-refractivity contribution >= 4 is 49.5 Å². The first kappa shape index (κ1) is 40.4. The summed E-state index contributed by atoms with van der Waals surface area (Å²) in [5.74, 6) is 1.20. The molecule has 318 valence electrons. The van der Waals surface area contributed by atoms with Gasteiger partial charge in [0, 0.05) is 38.8 Å². The lowest BCUT2D eigenvalue weighted by Gasteiger charge is -2.33. The quantitative estimate of drug-likeness (QED) is 0.148. The number of aromatic nitrogens is 1. The third-order valence-corrected chi connectivity index (χ3v) is 15.3. The Morgan fingerprint density at radius 2 is 1.20 bits per heavy atom. The molecule has 11 rings (SSSR count). The highest BCUT2D eigenvalue weighted by atomic mass is 15.1. The molecule has 0 atom stereocenters. The predicted octanol–water partition coefficient (Wildman–Crippen LogP) is 17.7. The number of nitrogens with zero attached hydrogens (tertiary/aromatic N) is 2. The molecule has 0 bridgehead atoms. The lowest BCUT2D eigenvalue weighted by molar-refractivity contribution is 0.435. The van der Waals surface area contributed by atoms with Gasteiger partial charge in [-0.1, -0.05) is 174 Å². The maximum atomic E-state index is 4.68. The summed E-state index contributed by atoms with van der Waals surface area (Å²) in [6.07, 6.45) is 17.9. The molecule has 0 radical (unpaired) electrons. The van der Waals surface area contributed by atoms with Gasteiger partial charge in [0.05, 0.1) is 16.7 Å². The first-order valence-corrected chi connectivity index (χ1v) is 24.1. The second-order valence-corrected chi connectivity index (χ2v) is 19.5. The smallest absolute Gasteiger partial charge is 0.0543 e. The summed E-state index contributed by atoms with van der Waals surface area (Å²) >= 11 is 0. The van der Waals surface area contributed by atoms with Crippen molar-refractivity contribution in [3.05, 3.63) is 204 Å². The van der Waals surface area contributed by atoms with Crippen molar-refractivity contribution < 1.29 is 0 Å². The minimum atomic E-state index is -0.147. The fourth-order valence-electron chi connectivity index (χ4n) is 12.0. The SMILES string of the molecule is C=C1/C(=C\C=C(/C)N(c2cc(C3CCCCC3)cc(C3CCCCC3)c2)c2ccc3ccccc3c2-c2cccc(-n3c4ccccc4c4ccccc43)c2)C(C)(C)c2ccccc21. The van der Waals surface area contributed by atoms with E-state index in [0.29, 0.717) is 11.8 Å². The molecule has 0 N–H and O–H groups in total. The molecule has 0 aliphatic heterocycles. The van der Waals surface area contributed by atoms with Crippen LogP contribution in [0, 0.1) is 0 Å². The van der Waals surface area contributed by atoms with E-state index in [-0.39, 0.29) is 5.41 Å². The molecule has 1 heterocycles. The zero-order chi connectivity index (χ0) is 43.4. The number of fused-ring (bicyclic) bond motifs is 5. The summed E-state index contributed by atoms with van der Waals surface area (Å²) in [7, 11) is 0. The zero-order valence-corrected chi connectivity index (χ0v) is 37.9. The maximum Gasteiger partial charge on any atom is 0.0543 e. The van der Waals surface area contributed by atoms with Gasteiger partial charge in [-0.15, -0.1) is 0 Å². The molecule has 3 aliphatic rings. The molecule has 2 fully saturated rings. The number of hydrogen-bond donors (Lipinski definition) is 0. The minimum Gasteiger partial charge on any atom is -0.314 e. The van der Waals surface area contributed by atoms with E-state index in [0.717, 1.165) is 11.3 Å². The average Bonchev–Trinajstić information content (AvgIpc) is 3.78. The Morgan fingerprint density at radius 3 is 1.86 bits per heavy atom. The molecule has 2 nitrogen and oxygen atoms in total. The average molecular weight is 833 g/mol. The molecule has 2 saturated carbocycles. The van der Waals surface area contributed by atoms with Crippen LogP contribution in [0.1, 0.15) is 119 Å². The molecule has 1 aromatic heterocycles. The Balaban J connectivity index is 1.15.